The molecule has 0 bridgehead atoms. The van der Waals surface area contributed by atoms with Crippen LogP contribution in [0.25, 0.3) is 0 Å². The van der Waals surface area contributed by atoms with Crippen molar-refractivity contribution in [2.24, 2.45) is 0 Å². The van der Waals surface area contributed by atoms with Gasteiger partial charge in [0.2, 0.25) is 0 Å². The quantitative estimate of drug-likeness (QED) is 0.174. The van der Waals surface area contributed by atoms with Gasteiger partial charge in [0.15, 0.2) is 0 Å². The van der Waals surface area contributed by atoms with Crippen LogP contribution in [0.5, 0.6) is 0 Å². The van der Waals surface area contributed by atoms with Crippen molar-refractivity contribution in [1.82, 2.24) is 20.8 Å². The van der Waals surface area contributed by atoms with Crippen LogP contribution in [0.1, 0.15) is 0 Å². The molecule has 2 saturated heterocycles. The molecule has 2 heterocycles. The molecular formula is C10H22F6N5O5P. The van der Waals surface area contributed by atoms with Crippen LogP contribution in [-0.2, 0) is 24.2 Å². The minimum absolute atomic E-state index is 0.664. The molecule has 0 atom stereocenters. The van der Waals surface area contributed by atoms with Crippen LogP contribution < -0.4 is 5.48 Å². The number of amidine groups is 1. The van der Waals surface area contributed by atoms with E-state index >= 15 is 0 Å². The Bertz CT molecular complexity index is 506. The molecule has 0 saturated carbocycles. The second kappa shape index (κ2) is 8.16. The fraction of sp³-hybridized carbons (Fsp3) is 0.900. The average Bonchev–Trinajstić information content (AvgIpc) is 2.44. The van der Waals surface area contributed by atoms with E-state index < -0.39 is 14.2 Å². The predicted molar refractivity (Wildman–Crippen MR) is 79.9 cm³/mol. The predicted octanol–water partition coefficient (Wildman–Crippen LogP) is 1.72. The third-order valence-electron chi connectivity index (χ3n) is 2.63. The maximum absolute atomic E-state index is 10.7. The minimum atomic E-state index is -10.7. The van der Waals surface area contributed by atoms with Crippen molar-refractivity contribution in [2.45, 2.75) is 6.41 Å². The summed E-state index contributed by atoms with van der Waals surface area (Å²) < 4.78 is 66.4. The van der Waals surface area contributed by atoms with Crippen LogP contribution in [0.15, 0.2) is 0 Å². The Kier molecular flexibility index (Phi) is 7.27. The van der Waals surface area contributed by atoms with Crippen molar-refractivity contribution in [3.63, 3.8) is 0 Å². The van der Waals surface area contributed by atoms with E-state index in [9.17, 15) is 25.2 Å². The van der Waals surface area contributed by atoms with Gasteiger partial charge in [0, 0.05) is 14.1 Å². The molecule has 2 aliphatic rings. The van der Waals surface area contributed by atoms with Gasteiger partial charge in [-0.25, -0.2) is 19.2 Å². The standard InChI is InChI=1S/C10H22N5O5.F6P/c1-12(2)10(15-5-7-16-8-6-15)17-11-9-18-13(3)20-14(4)19-9;1-7(2,3,4,5)6/h9,11H,5-8H2,1-4H3;/q+1;-1. The Labute approximate surface area is 150 Å². The molecule has 0 unspecified atom stereocenters. The van der Waals surface area contributed by atoms with E-state index in [2.05, 4.69) is 10.4 Å². The van der Waals surface area contributed by atoms with Gasteiger partial charge >= 0.3 is 39.0 Å². The van der Waals surface area contributed by atoms with Crippen molar-refractivity contribution in [3.05, 3.63) is 0 Å². The number of hydrogen-bond donors (Lipinski definition) is 1. The summed E-state index contributed by atoms with van der Waals surface area (Å²) in [6.07, 6.45) is -0.810. The Morgan fingerprint density at radius 2 is 1.44 bits per heavy atom. The number of hydroxylamine groups is 5. The SMILES string of the molecule is CN1OC(NOC(N2CCOCC2)=[N+](C)C)ON(C)O1.F[P-](F)(F)(F)(F)F. The van der Waals surface area contributed by atoms with Gasteiger partial charge in [-0.3, -0.25) is 0 Å². The van der Waals surface area contributed by atoms with E-state index in [4.69, 9.17) is 24.2 Å². The Balaban J connectivity index is 0.000000445. The first-order valence-corrected chi connectivity index (χ1v) is 9.39. The molecule has 2 rings (SSSR count). The first-order chi connectivity index (χ1) is 12.0. The van der Waals surface area contributed by atoms with Crippen LogP contribution in [0, 0.1) is 0 Å². The van der Waals surface area contributed by atoms with Gasteiger partial charge < -0.3 is 9.57 Å². The van der Waals surface area contributed by atoms with E-state index in [1.165, 1.54) is 0 Å². The van der Waals surface area contributed by atoms with Gasteiger partial charge in [-0.15, -0.1) is 0 Å². The van der Waals surface area contributed by atoms with Gasteiger partial charge in [-0.05, 0) is 10.5 Å². The zero-order chi connectivity index (χ0) is 20.9. The molecule has 0 aromatic rings. The first-order valence-electron chi connectivity index (χ1n) is 7.36. The molecule has 17 heteroatoms. The van der Waals surface area contributed by atoms with Gasteiger partial charge in [0.05, 0.1) is 27.3 Å². The maximum atomic E-state index is 9.87. The van der Waals surface area contributed by atoms with E-state index in [-0.39, 0.29) is 0 Å². The molecule has 0 aromatic carbocycles. The molecule has 164 valence electrons. The molecule has 27 heavy (non-hydrogen) atoms. The molecule has 2 fully saturated rings. The van der Waals surface area contributed by atoms with Crippen LogP contribution in [0.3, 0.4) is 0 Å². The van der Waals surface area contributed by atoms with Crippen molar-refractivity contribution < 1.29 is 53.9 Å². The normalized spacial score (nSPS) is 23.0. The number of ether oxygens (including phenoxy) is 1. The number of morpholine rings is 1. The van der Waals surface area contributed by atoms with Crippen molar-refractivity contribution in [1.29, 1.82) is 0 Å². The fourth-order valence-electron chi connectivity index (χ4n) is 1.83. The molecule has 10 nitrogen and oxygen atoms in total. The van der Waals surface area contributed by atoms with Crippen molar-refractivity contribution in [2.75, 3.05) is 54.5 Å². The first kappa shape index (κ1) is 24.0. The number of nitrogens with one attached hydrogen (secondary N) is 1. The zero-order valence-corrected chi connectivity index (χ0v) is 15.8. The molecule has 0 aromatic heterocycles. The number of nitrogens with zero attached hydrogens (tertiary/aromatic N) is 4. The zero-order valence-electron chi connectivity index (χ0n) is 15.0. The third kappa shape index (κ3) is 12.9. The van der Waals surface area contributed by atoms with E-state index in [1.54, 1.807) is 14.1 Å². The number of rotatable bonds is 2. The summed E-state index contributed by atoms with van der Waals surface area (Å²) in [5.74, 6) is 0. The molecule has 0 amide bonds. The summed E-state index contributed by atoms with van der Waals surface area (Å²) in [4.78, 5) is 23.0. The Morgan fingerprint density at radius 1 is 1.00 bits per heavy atom. The second-order valence-electron chi connectivity index (χ2n) is 5.46. The Morgan fingerprint density at radius 3 is 1.85 bits per heavy atom. The van der Waals surface area contributed by atoms with Gasteiger partial charge in [0.1, 0.15) is 13.1 Å². The third-order valence-corrected chi connectivity index (χ3v) is 2.63. The molecule has 1 N–H and O–H groups in total. The van der Waals surface area contributed by atoms with Gasteiger partial charge in [-0.2, -0.15) is 4.94 Å². The van der Waals surface area contributed by atoms with Crippen LogP contribution in [0.4, 0.5) is 25.2 Å². The molecular weight excluding hydrogens is 415 g/mol. The average molecular weight is 437 g/mol. The summed E-state index contributed by atoms with van der Waals surface area (Å²) in [6, 6.07) is 0.664. The number of hydrogen-bond acceptors (Lipinski definition) is 8. The molecule has 0 spiro atoms. The summed E-state index contributed by atoms with van der Waals surface area (Å²) in [5.41, 5.74) is 2.69. The van der Waals surface area contributed by atoms with Crippen LogP contribution >= 0.6 is 7.81 Å². The van der Waals surface area contributed by atoms with Crippen molar-refractivity contribution >= 4 is 13.8 Å². The van der Waals surface area contributed by atoms with E-state index in [0.29, 0.717) is 19.2 Å². The Hall–Kier alpha value is -1.00. The fourth-order valence-corrected chi connectivity index (χ4v) is 1.83. The van der Waals surface area contributed by atoms with Crippen LogP contribution in [-0.4, -0.2) is 86.9 Å². The van der Waals surface area contributed by atoms with Gasteiger partial charge in [0.25, 0.3) is 6.41 Å². The molecule has 0 aliphatic carbocycles. The van der Waals surface area contributed by atoms with Crippen molar-refractivity contribution in [3.8, 4) is 0 Å². The summed E-state index contributed by atoms with van der Waals surface area (Å²) in [6.45, 7) is 2.89. The monoisotopic (exact) mass is 437 g/mol. The summed E-state index contributed by atoms with van der Waals surface area (Å²) >= 11 is 0. The number of halogens is 6. The van der Waals surface area contributed by atoms with Gasteiger partial charge in [-0.1, -0.05) is 5.48 Å². The van der Waals surface area contributed by atoms with E-state index in [0.717, 1.165) is 23.5 Å². The van der Waals surface area contributed by atoms with Crippen LogP contribution in [0.2, 0.25) is 0 Å². The van der Waals surface area contributed by atoms with E-state index in [1.807, 2.05) is 18.7 Å². The molecule has 2 aliphatic heterocycles. The molecule has 0 radical (unpaired) electrons. The second-order valence-corrected chi connectivity index (χ2v) is 7.38. The summed E-state index contributed by atoms with van der Waals surface area (Å²) in [5, 5.41) is 2.32. The summed E-state index contributed by atoms with van der Waals surface area (Å²) in [7, 11) is -3.65. The topological polar surface area (TPSA) is 70.9 Å².